The maximum Gasteiger partial charge on any atom is 0.240 e. The Morgan fingerprint density at radius 1 is 1.35 bits per heavy atom. The van der Waals surface area contributed by atoms with Crippen LogP contribution in [0.4, 0.5) is 0 Å². The maximum absolute atomic E-state index is 12.8. The smallest absolute Gasteiger partial charge is 0.240 e. The van der Waals surface area contributed by atoms with E-state index in [0.717, 1.165) is 25.9 Å². The summed E-state index contributed by atoms with van der Waals surface area (Å²) >= 11 is 0. The molecule has 2 N–H and O–H groups in total. The van der Waals surface area contributed by atoms with Gasteiger partial charge in [-0.1, -0.05) is 12.1 Å². The Morgan fingerprint density at radius 2 is 2.12 bits per heavy atom. The van der Waals surface area contributed by atoms with Gasteiger partial charge < -0.3 is 10.1 Å². The second-order valence-electron chi connectivity index (χ2n) is 6.66. The molecule has 2 aromatic rings. The number of hydrogen-bond acceptors (Lipinski definition) is 7. The summed E-state index contributed by atoms with van der Waals surface area (Å²) in [5.41, 5.74) is 0.465. The summed E-state index contributed by atoms with van der Waals surface area (Å²) in [6, 6.07) is 6.62. The van der Waals surface area contributed by atoms with Crippen molar-refractivity contribution in [1.82, 2.24) is 30.2 Å². The van der Waals surface area contributed by atoms with Crippen LogP contribution < -0.4 is 10.0 Å². The number of nitrogens with zero attached hydrogens (tertiary/aromatic N) is 4. The summed E-state index contributed by atoms with van der Waals surface area (Å²) in [5, 5.41) is 14.6. The molecule has 1 saturated heterocycles. The summed E-state index contributed by atoms with van der Waals surface area (Å²) in [7, 11) is -0.288. The van der Waals surface area contributed by atoms with Crippen molar-refractivity contribution in [3.8, 4) is 11.4 Å². The van der Waals surface area contributed by atoms with Gasteiger partial charge in [0.25, 0.3) is 0 Å². The summed E-state index contributed by atoms with van der Waals surface area (Å²) in [6.45, 7) is 2.60. The quantitative estimate of drug-likeness (QED) is 0.704. The SMILES string of the molecule is COCC1(CNS(=O)(=O)c2cccc(-c3nnnn3C)c2)CCNCC1. The minimum absolute atomic E-state index is 0.182. The molecule has 10 heteroatoms. The molecule has 1 aromatic heterocycles. The third-order valence-corrected chi connectivity index (χ3v) is 6.17. The number of nitrogens with one attached hydrogen (secondary N) is 2. The van der Waals surface area contributed by atoms with Crippen LogP contribution >= 0.6 is 0 Å². The number of piperidine rings is 1. The summed E-state index contributed by atoms with van der Waals surface area (Å²) < 4.78 is 35.2. The molecule has 3 rings (SSSR count). The van der Waals surface area contributed by atoms with Crippen LogP contribution in [0.15, 0.2) is 29.2 Å². The first-order valence-corrected chi connectivity index (χ1v) is 9.96. The maximum atomic E-state index is 12.8. The molecule has 1 aromatic carbocycles. The van der Waals surface area contributed by atoms with E-state index in [0.29, 0.717) is 24.5 Å². The summed E-state index contributed by atoms with van der Waals surface area (Å²) in [6.07, 6.45) is 1.74. The molecule has 0 amide bonds. The molecule has 0 aliphatic carbocycles. The molecule has 0 bridgehead atoms. The fourth-order valence-electron chi connectivity index (χ4n) is 3.24. The predicted octanol–water partition coefficient (Wildman–Crippen LogP) is 0.172. The molecule has 2 heterocycles. The van der Waals surface area contributed by atoms with Gasteiger partial charge in [-0.3, -0.25) is 0 Å². The van der Waals surface area contributed by atoms with E-state index >= 15 is 0 Å². The zero-order valence-electron chi connectivity index (χ0n) is 15.0. The third kappa shape index (κ3) is 4.09. The lowest BCUT2D eigenvalue weighted by atomic mass is 9.80. The number of aryl methyl sites for hydroxylation is 1. The van der Waals surface area contributed by atoms with Crippen molar-refractivity contribution in [2.75, 3.05) is 33.4 Å². The lowest BCUT2D eigenvalue weighted by molar-refractivity contribution is 0.0577. The minimum atomic E-state index is -3.65. The van der Waals surface area contributed by atoms with E-state index in [1.54, 1.807) is 38.4 Å². The number of benzene rings is 1. The van der Waals surface area contributed by atoms with Crippen molar-refractivity contribution in [3.05, 3.63) is 24.3 Å². The van der Waals surface area contributed by atoms with Crippen molar-refractivity contribution in [1.29, 1.82) is 0 Å². The first-order valence-electron chi connectivity index (χ1n) is 8.48. The Kier molecular flexibility index (Phi) is 5.66. The van der Waals surface area contributed by atoms with Gasteiger partial charge in [-0.2, -0.15) is 0 Å². The molecule has 1 aliphatic heterocycles. The van der Waals surface area contributed by atoms with E-state index in [2.05, 4.69) is 25.6 Å². The first-order chi connectivity index (χ1) is 12.5. The molecule has 1 fully saturated rings. The van der Waals surface area contributed by atoms with E-state index < -0.39 is 10.0 Å². The van der Waals surface area contributed by atoms with Gasteiger partial charge in [-0.05, 0) is 48.5 Å². The van der Waals surface area contributed by atoms with Crippen LogP contribution in [0.3, 0.4) is 0 Å². The molecule has 0 atom stereocenters. The van der Waals surface area contributed by atoms with Gasteiger partial charge >= 0.3 is 0 Å². The molecular weight excluding hydrogens is 356 g/mol. The van der Waals surface area contributed by atoms with Gasteiger partial charge in [0.15, 0.2) is 5.82 Å². The highest BCUT2D eigenvalue weighted by Gasteiger charge is 2.33. The van der Waals surface area contributed by atoms with E-state index in [1.165, 1.54) is 4.68 Å². The Balaban J connectivity index is 1.79. The van der Waals surface area contributed by atoms with Crippen molar-refractivity contribution >= 4 is 10.0 Å². The molecule has 9 nitrogen and oxygen atoms in total. The van der Waals surface area contributed by atoms with E-state index in [9.17, 15) is 8.42 Å². The van der Waals surface area contributed by atoms with Gasteiger partial charge in [0.2, 0.25) is 10.0 Å². The van der Waals surface area contributed by atoms with Crippen molar-refractivity contribution in [2.45, 2.75) is 17.7 Å². The zero-order valence-corrected chi connectivity index (χ0v) is 15.8. The lowest BCUT2D eigenvalue weighted by Crippen LogP contribution is -2.47. The average Bonchev–Trinajstić information content (AvgIpc) is 3.07. The van der Waals surface area contributed by atoms with E-state index in [1.807, 2.05) is 0 Å². The van der Waals surface area contributed by atoms with E-state index in [-0.39, 0.29) is 10.3 Å². The van der Waals surface area contributed by atoms with Gasteiger partial charge in [0, 0.05) is 31.7 Å². The van der Waals surface area contributed by atoms with Crippen LogP contribution in [0.2, 0.25) is 0 Å². The van der Waals surface area contributed by atoms with Crippen LogP contribution in [0.1, 0.15) is 12.8 Å². The molecular formula is C16H24N6O3S. The van der Waals surface area contributed by atoms with Crippen LogP contribution in [0.5, 0.6) is 0 Å². The number of rotatable bonds is 7. The van der Waals surface area contributed by atoms with Crippen LogP contribution in [0, 0.1) is 5.41 Å². The second kappa shape index (κ2) is 7.78. The van der Waals surface area contributed by atoms with Crippen molar-refractivity contribution in [2.24, 2.45) is 12.5 Å². The standard InChI is InChI=1S/C16H24N6O3S/c1-22-15(19-20-21-22)13-4-3-5-14(10-13)26(23,24)18-11-16(12-25-2)6-8-17-9-7-16/h3-5,10,17-18H,6-9,11-12H2,1-2H3. The normalized spacial score (nSPS) is 17.3. The first kappa shape index (κ1) is 18.9. The van der Waals surface area contributed by atoms with Crippen LogP contribution in [0.25, 0.3) is 11.4 Å². The Hall–Kier alpha value is -1.88. The summed E-state index contributed by atoms with van der Waals surface area (Å²) in [4.78, 5) is 0.194. The predicted molar refractivity (Wildman–Crippen MR) is 95.8 cm³/mol. The topological polar surface area (TPSA) is 111 Å². The van der Waals surface area contributed by atoms with Gasteiger partial charge in [0.05, 0.1) is 11.5 Å². The lowest BCUT2D eigenvalue weighted by Gasteiger charge is -2.37. The minimum Gasteiger partial charge on any atom is -0.384 e. The van der Waals surface area contributed by atoms with E-state index in [4.69, 9.17) is 4.74 Å². The molecule has 1 aliphatic rings. The highest BCUT2D eigenvalue weighted by molar-refractivity contribution is 7.89. The monoisotopic (exact) mass is 380 g/mol. The molecule has 0 unspecified atom stereocenters. The number of aromatic nitrogens is 4. The number of tetrazole rings is 1. The Bertz CT molecular complexity index is 840. The fraction of sp³-hybridized carbons (Fsp3) is 0.562. The molecule has 26 heavy (non-hydrogen) atoms. The highest BCUT2D eigenvalue weighted by atomic mass is 32.2. The highest BCUT2D eigenvalue weighted by Crippen LogP contribution is 2.29. The van der Waals surface area contributed by atoms with Crippen LogP contribution in [-0.2, 0) is 21.8 Å². The Labute approximate surface area is 153 Å². The van der Waals surface area contributed by atoms with Crippen molar-refractivity contribution in [3.63, 3.8) is 0 Å². The second-order valence-corrected chi connectivity index (χ2v) is 8.43. The number of ether oxygens (including phenoxy) is 1. The van der Waals surface area contributed by atoms with Gasteiger partial charge in [-0.25, -0.2) is 17.8 Å². The van der Waals surface area contributed by atoms with Crippen molar-refractivity contribution < 1.29 is 13.2 Å². The molecule has 0 spiro atoms. The molecule has 142 valence electrons. The molecule has 0 saturated carbocycles. The average molecular weight is 380 g/mol. The Morgan fingerprint density at radius 3 is 2.77 bits per heavy atom. The zero-order chi connectivity index (χ0) is 18.6. The fourth-order valence-corrected chi connectivity index (χ4v) is 4.45. The summed E-state index contributed by atoms with van der Waals surface area (Å²) in [5.74, 6) is 0.510. The third-order valence-electron chi connectivity index (χ3n) is 4.77. The number of hydrogen-bond donors (Lipinski definition) is 2. The molecule has 0 radical (unpaired) electrons. The van der Waals surface area contributed by atoms with Gasteiger partial charge in [-0.15, -0.1) is 5.10 Å². The number of sulfonamides is 1. The number of methoxy groups -OCH3 is 1. The largest absolute Gasteiger partial charge is 0.384 e. The van der Waals surface area contributed by atoms with Crippen LogP contribution in [-0.4, -0.2) is 62.0 Å². The van der Waals surface area contributed by atoms with Gasteiger partial charge in [0.1, 0.15) is 0 Å².